The van der Waals surface area contributed by atoms with Gasteiger partial charge in [-0.05, 0) is 55.7 Å². The molecule has 1 fully saturated rings. The van der Waals surface area contributed by atoms with Gasteiger partial charge in [0.1, 0.15) is 0 Å². The lowest BCUT2D eigenvalue weighted by Crippen LogP contribution is -2.29. The smallest absolute Gasteiger partial charge is 0.372 e. The highest BCUT2D eigenvalue weighted by Gasteiger charge is 2.36. The fraction of sp³-hybridized carbons (Fsp3) is 0.333. The number of piperidine rings is 1. The number of hydrogen-bond acceptors (Lipinski definition) is 3. The van der Waals surface area contributed by atoms with Gasteiger partial charge < -0.3 is 4.90 Å². The van der Waals surface area contributed by atoms with Crippen molar-refractivity contribution in [3.63, 3.8) is 0 Å². The molecule has 0 spiro atoms. The minimum atomic E-state index is -4.75. The van der Waals surface area contributed by atoms with E-state index in [1.54, 1.807) is 24.3 Å². The molecular formula is C18H19F3N2O2S. The quantitative estimate of drug-likeness (QED) is 0.845. The molecule has 0 saturated carbocycles. The molecule has 1 N–H and O–H groups in total. The Balaban J connectivity index is 1.82. The highest BCUT2D eigenvalue weighted by molar-refractivity contribution is 7.92. The van der Waals surface area contributed by atoms with Gasteiger partial charge in [-0.2, -0.15) is 13.2 Å². The molecule has 26 heavy (non-hydrogen) atoms. The predicted molar refractivity (Wildman–Crippen MR) is 94.8 cm³/mol. The zero-order chi connectivity index (χ0) is 18.8. The van der Waals surface area contributed by atoms with Crippen LogP contribution in [0.15, 0.2) is 53.4 Å². The minimum absolute atomic E-state index is 0.225. The molecule has 8 heteroatoms. The molecule has 0 aliphatic carbocycles. The average Bonchev–Trinajstić information content (AvgIpc) is 2.62. The summed E-state index contributed by atoms with van der Waals surface area (Å²) in [5.74, 6) is 0. The van der Waals surface area contributed by atoms with Crippen LogP contribution in [0.5, 0.6) is 0 Å². The van der Waals surface area contributed by atoms with Gasteiger partial charge in [-0.1, -0.05) is 12.1 Å². The van der Waals surface area contributed by atoms with Crippen LogP contribution in [-0.4, -0.2) is 21.5 Å². The number of sulfonamides is 1. The first-order chi connectivity index (χ1) is 12.3. The number of alkyl halides is 3. The summed E-state index contributed by atoms with van der Waals surface area (Å²) in [6.07, 6.45) is -1.32. The van der Waals surface area contributed by atoms with E-state index in [1.807, 2.05) is 0 Å². The van der Waals surface area contributed by atoms with Crippen molar-refractivity contribution in [3.8, 4) is 0 Å². The van der Waals surface area contributed by atoms with E-state index in [0.717, 1.165) is 49.8 Å². The lowest BCUT2D eigenvalue weighted by Gasteiger charge is -2.28. The molecule has 140 valence electrons. The highest BCUT2D eigenvalue weighted by atomic mass is 32.2. The summed E-state index contributed by atoms with van der Waals surface area (Å²) in [6, 6.07) is 10.8. The Morgan fingerprint density at radius 1 is 0.885 bits per heavy atom. The molecule has 1 aliphatic heterocycles. The fourth-order valence-corrected chi connectivity index (χ4v) is 4.33. The number of hydrogen-bond donors (Lipinski definition) is 1. The molecule has 0 amide bonds. The van der Waals surface area contributed by atoms with Gasteiger partial charge in [0.05, 0.1) is 10.5 Å². The molecular weight excluding hydrogens is 365 g/mol. The Bertz CT molecular complexity index is 859. The van der Waals surface area contributed by atoms with E-state index in [0.29, 0.717) is 0 Å². The second-order valence-electron chi connectivity index (χ2n) is 6.19. The number of rotatable bonds is 4. The third kappa shape index (κ3) is 4.12. The van der Waals surface area contributed by atoms with Gasteiger partial charge in [-0.25, -0.2) is 8.42 Å². The van der Waals surface area contributed by atoms with Gasteiger partial charge in [-0.15, -0.1) is 0 Å². The molecule has 1 heterocycles. The molecule has 2 aromatic carbocycles. The molecule has 0 aromatic heterocycles. The van der Waals surface area contributed by atoms with Crippen LogP contribution in [-0.2, 0) is 16.2 Å². The summed E-state index contributed by atoms with van der Waals surface area (Å²) in [6.45, 7) is 1.90. The van der Waals surface area contributed by atoms with Crippen LogP contribution >= 0.6 is 0 Å². The van der Waals surface area contributed by atoms with E-state index in [2.05, 4.69) is 9.62 Å². The van der Waals surface area contributed by atoms with E-state index in [9.17, 15) is 21.6 Å². The second kappa shape index (κ2) is 7.19. The Hall–Kier alpha value is -2.22. The molecule has 0 atom stereocenters. The van der Waals surface area contributed by atoms with Crippen molar-refractivity contribution in [2.75, 3.05) is 22.7 Å². The van der Waals surface area contributed by atoms with Crippen LogP contribution in [0.2, 0.25) is 0 Å². The molecule has 0 radical (unpaired) electrons. The number of nitrogens with zero attached hydrogens (tertiary/aromatic N) is 1. The van der Waals surface area contributed by atoms with E-state index in [-0.39, 0.29) is 5.69 Å². The van der Waals surface area contributed by atoms with Gasteiger partial charge in [0.2, 0.25) is 0 Å². The van der Waals surface area contributed by atoms with E-state index in [1.165, 1.54) is 12.5 Å². The summed E-state index contributed by atoms with van der Waals surface area (Å²) in [5, 5.41) is 0. The molecule has 3 rings (SSSR count). The van der Waals surface area contributed by atoms with E-state index in [4.69, 9.17) is 0 Å². The summed E-state index contributed by atoms with van der Waals surface area (Å²) in [4.78, 5) is 1.42. The normalized spacial score (nSPS) is 15.7. The Labute approximate surface area is 150 Å². The summed E-state index contributed by atoms with van der Waals surface area (Å²) in [7, 11) is -4.35. The second-order valence-corrected chi connectivity index (χ2v) is 7.84. The van der Waals surface area contributed by atoms with Crippen LogP contribution in [0.1, 0.15) is 24.8 Å². The van der Waals surface area contributed by atoms with Crippen LogP contribution < -0.4 is 9.62 Å². The van der Waals surface area contributed by atoms with Crippen LogP contribution in [0, 0.1) is 0 Å². The van der Waals surface area contributed by atoms with Crippen LogP contribution in [0.25, 0.3) is 0 Å². The van der Waals surface area contributed by atoms with E-state index < -0.39 is 26.7 Å². The molecule has 2 aromatic rings. The zero-order valence-corrected chi connectivity index (χ0v) is 14.8. The first-order valence-electron chi connectivity index (χ1n) is 8.31. The minimum Gasteiger partial charge on any atom is -0.372 e. The summed E-state index contributed by atoms with van der Waals surface area (Å²) >= 11 is 0. The maximum atomic E-state index is 13.1. The lowest BCUT2D eigenvalue weighted by molar-refractivity contribution is -0.139. The predicted octanol–water partition coefficient (Wildman–Crippen LogP) is 4.50. The standard InChI is InChI=1S/C18H19F3N2O2S/c19-18(20,21)16-6-2-3-7-17(16)26(24,25)22-14-8-10-15(11-9-14)23-12-4-1-5-13-23/h2-3,6-11,22H,1,4-5,12-13H2. The molecule has 0 bridgehead atoms. The van der Waals surface area contributed by atoms with Crippen molar-refractivity contribution < 1.29 is 21.6 Å². The zero-order valence-electron chi connectivity index (χ0n) is 14.0. The third-order valence-electron chi connectivity index (χ3n) is 4.32. The highest BCUT2D eigenvalue weighted by Crippen LogP contribution is 2.34. The van der Waals surface area contributed by atoms with Crippen LogP contribution in [0.3, 0.4) is 0 Å². The van der Waals surface area contributed by atoms with Gasteiger partial charge in [0.15, 0.2) is 0 Å². The van der Waals surface area contributed by atoms with Gasteiger partial charge in [0.25, 0.3) is 10.0 Å². The Morgan fingerprint density at radius 3 is 2.12 bits per heavy atom. The number of benzene rings is 2. The monoisotopic (exact) mass is 384 g/mol. The number of anilines is 2. The Kier molecular flexibility index (Phi) is 5.13. The van der Waals surface area contributed by atoms with Crippen molar-refractivity contribution in [3.05, 3.63) is 54.1 Å². The van der Waals surface area contributed by atoms with Gasteiger partial charge in [0, 0.05) is 24.5 Å². The Morgan fingerprint density at radius 2 is 1.50 bits per heavy atom. The van der Waals surface area contributed by atoms with Crippen molar-refractivity contribution in [2.45, 2.75) is 30.3 Å². The molecule has 1 aliphatic rings. The first kappa shape index (κ1) is 18.6. The van der Waals surface area contributed by atoms with Crippen molar-refractivity contribution >= 4 is 21.4 Å². The lowest BCUT2D eigenvalue weighted by atomic mass is 10.1. The van der Waals surface area contributed by atoms with Crippen molar-refractivity contribution in [1.29, 1.82) is 0 Å². The SMILES string of the molecule is O=S(=O)(Nc1ccc(N2CCCCC2)cc1)c1ccccc1C(F)(F)F. The summed E-state index contributed by atoms with van der Waals surface area (Å²) in [5.41, 5.74) is 0.0171. The molecule has 0 unspecified atom stereocenters. The van der Waals surface area contributed by atoms with Crippen molar-refractivity contribution in [1.82, 2.24) is 0 Å². The molecule has 4 nitrogen and oxygen atoms in total. The van der Waals surface area contributed by atoms with Crippen molar-refractivity contribution in [2.24, 2.45) is 0 Å². The summed E-state index contributed by atoms with van der Waals surface area (Å²) < 4.78 is 66.3. The van der Waals surface area contributed by atoms with E-state index >= 15 is 0 Å². The maximum Gasteiger partial charge on any atom is 0.417 e. The van der Waals surface area contributed by atoms with Gasteiger partial charge >= 0.3 is 6.18 Å². The van der Waals surface area contributed by atoms with Crippen LogP contribution in [0.4, 0.5) is 24.5 Å². The average molecular weight is 384 g/mol. The number of nitrogens with one attached hydrogen (secondary N) is 1. The van der Waals surface area contributed by atoms with Gasteiger partial charge in [-0.3, -0.25) is 4.72 Å². The maximum absolute atomic E-state index is 13.1. The third-order valence-corrected chi connectivity index (χ3v) is 5.76. The topological polar surface area (TPSA) is 49.4 Å². The largest absolute Gasteiger partial charge is 0.417 e. The number of halogens is 3. The first-order valence-corrected chi connectivity index (χ1v) is 9.80. The molecule has 1 saturated heterocycles. The fourth-order valence-electron chi connectivity index (χ4n) is 3.04.